The molecule has 0 unspecified atom stereocenters. The molecule has 1 saturated heterocycles. The molecule has 6 nitrogen and oxygen atoms in total. The summed E-state index contributed by atoms with van der Waals surface area (Å²) in [5.74, 6) is -0.0338. The molecule has 92 valence electrons. The average Bonchev–Trinajstić information content (AvgIpc) is 2.13. The van der Waals surface area contributed by atoms with E-state index in [-0.39, 0.29) is 12.0 Å². The van der Waals surface area contributed by atoms with E-state index in [1.165, 1.54) is 0 Å². The number of carboxylic acids is 1. The second-order valence-corrected chi connectivity index (χ2v) is 4.30. The fourth-order valence-corrected chi connectivity index (χ4v) is 1.59. The highest BCUT2D eigenvalue weighted by Crippen LogP contribution is 2.22. The smallest absolute Gasteiger partial charge is 0.310 e. The number of carboxylic acid groups (broad SMARTS) is 1. The number of aliphatic carboxylic acids is 1. The van der Waals surface area contributed by atoms with Gasteiger partial charge < -0.3 is 14.7 Å². The second kappa shape index (κ2) is 4.57. The first-order valence-electron chi connectivity index (χ1n) is 5.53. The van der Waals surface area contributed by atoms with Crippen molar-refractivity contribution in [3.05, 3.63) is 12.3 Å². The van der Waals surface area contributed by atoms with Crippen LogP contribution in [0.1, 0.15) is 13.8 Å². The number of ether oxygens (including phenoxy) is 1. The van der Waals surface area contributed by atoms with Crippen molar-refractivity contribution in [2.75, 3.05) is 18.0 Å². The summed E-state index contributed by atoms with van der Waals surface area (Å²) in [5.41, 5.74) is 0. The van der Waals surface area contributed by atoms with E-state index in [4.69, 9.17) is 9.84 Å². The molecule has 2 heterocycles. The molecule has 1 aliphatic rings. The first-order chi connectivity index (χ1) is 8.06. The van der Waals surface area contributed by atoms with E-state index < -0.39 is 5.97 Å². The van der Waals surface area contributed by atoms with Gasteiger partial charge >= 0.3 is 5.97 Å². The molecule has 0 bridgehead atoms. The third-order valence-electron chi connectivity index (χ3n) is 2.49. The molecule has 1 aromatic heterocycles. The molecule has 1 aromatic rings. The molecule has 0 saturated carbocycles. The highest BCUT2D eigenvalue weighted by molar-refractivity contribution is 5.73. The van der Waals surface area contributed by atoms with Crippen LogP contribution < -0.4 is 9.64 Å². The van der Waals surface area contributed by atoms with Crippen LogP contribution in [0.25, 0.3) is 0 Å². The number of carbonyl (C=O) groups is 1. The van der Waals surface area contributed by atoms with Crippen LogP contribution in [0.3, 0.4) is 0 Å². The zero-order valence-electron chi connectivity index (χ0n) is 9.83. The van der Waals surface area contributed by atoms with E-state index in [9.17, 15) is 4.79 Å². The van der Waals surface area contributed by atoms with Crippen molar-refractivity contribution in [3.8, 4) is 5.88 Å². The van der Waals surface area contributed by atoms with E-state index in [1.807, 2.05) is 18.7 Å². The summed E-state index contributed by atoms with van der Waals surface area (Å²) < 4.78 is 5.45. The third kappa shape index (κ3) is 2.64. The van der Waals surface area contributed by atoms with Crippen LogP contribution >= 0.6 is 0 Å². The SMILES string of the molecule is CC(C)Oc1ccnc(N2CC(C(=O)O)C2)n1. The summed E-state index contributed by atoms with van der Waals surface area (Å²) in [6, 6.07) is 1.69. The molecule has 2 rings (SSSR count). The van der Waals surface area contributed by atoms with Gasteiger partial charge in [0.05, 0.1) is 12.0 Å². The molecule has 0 aliphatic carbocycles. The minimum Gasteiger partial charge on any atom is -0.481 e. The summed E-state index contributed by atoms with van der Waals surface area (Å²) in [4.78, 5) is 20.8. The molecule has 1 N–H and O–H groups in total. The van der Waals surface area contributed by atoms with Crippen molar-refractivity contribution in [2.24, 2.45) is 5.92 Å². The molecule has 1 fully saturated rings. The Morgan fingerprint density at radius 2 is 2.29 bits per heavy atom. The van der Waals surface area contributed by atoms with Crippen LogP contribution in [0.2, 0.25) is 0 Å². The maximum absolute atomic E-state index is 10.7. The molecule has 0 atom stereocenters. The van der Waals surface area contributed by atoms with Gasteiger partial charge in [0, 0.05) is 25.4 Å². The molecule has 17 heavy (non-hydrogen) atoms. The highest BCUT2D eigenvalue weighted by atomic mass is 16.5. The minimum absolute atomic E-state index is 0.0564. The van der Waals surface area contributed by atoms with Crippen LogP contribution in [0.15, 0.2) is 12.3 Å². The predicted molar refractivity (Wildman–Crippen MR) is 61.1 cm³/mol. The maximum atomic E-state index is 10.7. The summed E-state index contributed by atoms with van der Waals surface area (Å²) >= 11 is 0. The molecule has 0 spiro atoms. The van der Waals surface area contributed by atoms with E-state index in [0.717, 1.165) is 0 Å². The Morgan fingerprint density at radius 1 is 1.59 bits per heavy atom. The van der Waals surface area contributed by atoms with Crippen molar-refractivity contribution < 1.29 is 14.6 Å². The number of hydrogen-bond donors (Lipinski definition) is 1. The van der Waals surface area contributed by atoms with Gasteiger partial charge in [-0.3, -0.25) is 4.79 Å². The van der Waals surface area contributed by atoms with E-state index in [2.05, 4.69) is 9.97 Å². The fourth-order valence-electron chi connectivity index (χ4n) is 1.59. The van der Waals surface area contributed by atoms with Crippen molar-refractivity contribution in [3.63, 3.8) is 0 Å². The van der Waals surface area contributed by atoms with Gasteiger partial charge in [0.2, 0.25) is 11.8 Å². The second-order valence-electron chi connectivity index (χ2n) is 4.30. The van der Waals surface area contributed by atoms with Crippen molar-refractivity contribution in [2.45, 2.75) is 20.0 Å². The van der Waals surface area contributed by atoms with Crippen molar-refractivity contribution >= 4 is 11.9 Å². The Labute approximate surface area is 99.2 Å². The lowest BCUT2D eigenvalue weighted by atomic mass is 10.0. The first-order valence-corrected chi connectivity index (χ1v) is 5.53. The van der Waals surface area contributed by atoms with Gasteiger partial charge in [-0.25, -0.2) is 4.98 Å². The Balaban J connectivity index is 2.00. The Morgan fingerprint density at radius 3 is 2.88 bits per heavy atom. The van der Waals surface area contributed by atoms with Crippen molar-refractivity contribution in [1.29, 1.82) is 0 Å². The average molecular weight is 237 g/mol. The Kier molecular flexibility index (Phi) is 3.12. The molecule has 0 amide bonds. The van der Waals surface area contributed by atoms with E-state index >= 15 is 0 Å². The third-order valence-corrected chi connectivity index (χ3v) is 2.49. The van der Waals surface area contributed by atoms with Gasteiger partial charge in [0.25, 0.3) is 0 Å². The lowest BCUT2D eigenvalue weighted by Crippen LogP contribution is -2.51. The Bertz CT molecular complexity index is 416. The monoisotopic (exact) mass is 237 g/mol. The number of nitrogens with zero attached hydrogens (tertiary/aromatic N) is 3. The molecule has 6 heteroatoms. The van der Waals surface area contributed by atoms with Crippen LogP contribution in [0, 0.1) is 5.92 Å². The molecule has 1 aliphatic heterocycles. The maximum Gasteiger partial charge on any atom is 0.310 e. The van der Waals surface area contributed by atoms with Gasteiger partial charge in [0.1, 0.15) is 0 Å². The normalized spacial score (nSPS) is 15.8. The number of aromatic nitrogens is 2. The van der Waals surface area contributed by atoms with Gasteiger partial charge in [-0.15, -0.1) is 0 Å². The Hall–Kier alpha value is -1.85. The van der Waals surface area contributed by atoms with Crippen LogP contribution in [0.5, 0.6) is 5.88 Å². The highest BCUT2D eigenvalue weighted by Gasteiger charge is 2.34. The van der Waals surface area contributed by atoms with Gasteiger partial charge in [0.15, 0.2) is 0 Å². The minimum atomic E-state index is -0.768. The van der Waals surface area contributed by atoms with E-state index in [0.29, 0.717) is 24.9 Å². The van der Waals surface area contributed by atoms with Gasteiger partial charge in [-0.2, -0.15) is 4.98 Å². The van der Waals surface area contributed by atoms with Gasteiger partial charge in [-0.1, -0.05) is 0 Å². The number of hydrogen-bond acceptors (Lipinski definition) is 5. The molecular formula is C11H15N3O3. The van der Waals surface area contributed by atoms with Crippen LogP contribution in [0.4, 0.5) is 5.95 Å². The van der Waals surface area contributed by atoms with Crippen LogP contribution in [-0.4, -0.2) is 40.2 Å². The lowest BCUT2D eigenvalue weighted by molar-refractivity contribution is -0.142. The first kappa shape index (κ1) is 11.6. The largest absolute Gasteiger partial charge is 0.481 e. The molecule has 0 radical (unpaired) electrons. The summed E-state index contributed by atoms with van der Waals surface area (Å²) in [6.45, 7) is 4.76. The summed E-state index contributed by atoms with van der Waals surface area (Å²) in [6.07, 6.45) is 1.68. The number of rotatable bonds is 4. The van der Waals surface area contributed by atoms with Crippen molar-refractivity contribution in [1.82, 2.24) is 9.97 Å². The van der Waals surface area contributed by atoms with Crippen LogP contribution in [-0.2, 0) is 4.79 Å². The summed E-state index contributed by atoms with van der Waals surface area (Å²) in [5, 5.41) is 8.78. The topological polar surface area (TPSA) is 75.5 Å². The summed E-state index contributed by atoms with van der Waals surface area (Å²) in [7, 11) is 0. The predicted octanol–water partition coefficient (Wildman–Crippen LogP) is 0.785. The molecule has 0 aromatic carbocycles. The lowest BCUT2D eigenvalue weighted by Gasteiger charge is -2.36. The van der Waals surface area contributed by atoms with E-state index in [1.54, 1.807) is 12.3 Å². The fraction of sp³-hybridized carbons (Fsp3) is 0.545. The quantitative estimate of drug-likeness (QED) is 0.834. The standard InChI is InChI=1S/C11H15N3O3/c1-7(2)17-9-3-4-12-11(13-9)14-5-8(6-14)10(15)16/h3-4,7-8H,5-6H2,1-2H3,(H,15,16). The molecular weight excluding hydrogens is 222 g/mol. The zero-order chi connectivity index (χ0) is 12.4. The van der Waals surface area contributed by atoms with Gasteiger partial charge in [-0.05, 0) is 13.8 Å². The zero-order valence-corrected chi connectivity index (χ0v) is 9.83. The number of anilines is 1.